The second kappa shape index (κ2) is 4.07. The van der Waals surface area contributed by atoms with Gasteiger partial charge in [0.25, 0.3) is 5.92 Å². The van der Waals surface area contributed by atoms with Crippen molar-refractivity contribution in [3.05, 3.63) is 35.4 Å². The van der Waals surface area contributed by atoms with Crippen molar-refractivity contribution < 1.29 is 8.78 Å². The summed E-state index contributed by atoms with van der Waals surface area (Å²) in [7, 11) is 0. The van der Waals surface area contributed by atoms with E-state index in [1.807, 2.05) is 6.07 Å². The van der Waals surface area contributed by atoms with Crippen molar-refractivity contribution in [3.8, 4) is 0 Å². The average Bonchev–Trinajstić information content (AvgIpc) is 2.01. The Kier molecular flexibility index (Phi) is 3.25. The van der Waals surface area contributed by atoms with Crippen molar-refractivity contribution in [1.29, 1.82) is 0 Å². The number of alkyl halides is 2. The van der Waals surface area contributed by atoms with Gasteiger partial charge in [-0.15, -0.1) is 0 Å². The molecule has 0 N–H and O–H groups in total. The van der Waals surface area contributed by atoms with Crippen molar-refractivity contribution >= 4 is 0 Å². The average molecular weight is 198 g/mol. The highest BCUT2D eigenvalue weighted by Gasteiger charge is 2.23. The van der Waals surface area contributed by atoms with E-state index in [1.54, 1.807) is 12.1 Å². The minimum absolute atomic E-state index is 0.107. The molecule has 0 unspecified atom stereocenters. The van der Waals surface area contributed by atoms with Crippen LogP contribution >= 0.6 is 0 Å². The molecule has 0 atom stereocenters. The van der Waals surface area contributed by atoms with Crippen LogP contribution in [-0.4, -0.2) is 0 Å². The minimum Gasteiger partial charge on any atom is -0.202 e. The van der Waals surface area contributed by atoms with Gasteiger partial charge in [-0.25, -0.2) is 8.78 Å². The van der Waals surface area contributed by atoms with Gasteiger partial charge in [-0.3, -0.25) is 0 Å². The van der Waals surface area contributed by atoms with Gasteiger partial charge < -0.3 is 0 Å². The molecule has 0 bridgehead atoms. The minimum atomic E-state index is -2.73. The Hall–Kier alpha value is -0.920. The highest BCUT2D eigenvalue weighted by Crippen LogP contribution is 2.27. The summed E-state index contributed by atoms with van der Waals surface area (Å²) < 4.78 is 25.9. The molecule has 2 heteroatoms. The zero-order valence-corrected chi connectivity index (χ0v) is 8.85. The van der Waals surface area contributed by atoms with Crippen LogP contribution in [0.4, 0.5) is 8.78 Å². The van der Waals surface area contributed by atoms with Gasteiger partial charge in [0.15, 0.2) is 0 Å². The fourth-order valence-electron chi connectivity index (χ4n) is 1.44. The van der Waals surface area contributed by atoms with Crippen LogP contribution in [-0.2, 0) is 12.3 Å². The highest BCUT2D eigenvalue weighted by molar-refractivity contribution is 5.26. The van der Waals surface area contributed by atoms with Gasteiger partial charge in [0.05, 0.1) is 0 Å². The SMILES string of the molecule is CC(C)Cc1cccc(C(C)(F)F)c1. The predicted octanol–water partition coefficient (Wildman–Crippen LogP) is 4.00. The molecule has 78 valence electrons. The third-order valence-corrected chi connectivity index (χ3v) is 2.08. The maximum absolute atomic E-state index is 13.0. The summed E-state index contributed by atoms with van der Waals surface area (Å²) in [6, 6.07) is 6.67. The fraction of sp³-hybridized carbons (Fsp3) is 0.500. The molecule has 14 heavy (non-hydrogen) atoms. The zero-order chi connectivity index (χ0) is 10.8. The van der Waals surface area contributed by atoms with E-state index in [9.17, 15) is 8.78 Å². The Bertz CT molecular complexity index is 297. The first-order valence-corrected chi connectivity index (χ1v) is 4.87. The molecule has 1 aromatic rings. The maximum Gasteiger partial charge on any atom is 0.270 e. The molecule has 0 aliphatic heterocycles. The summed E-state index contributed by atoms with van der Waals surface area (Å²) in [6.45, 7) is 5.09. The molecule has 1 aromatic carbocycles. The van der Waals surface area contributed by atoms with Gasteiger partial charge in [-0.1, -0.05) is 32.0 Å². The van der Waals surface area contributed by atoms with Gasteiger partial charge >= 0.3 is 0 Å². The molecule has 0 spiro atoms. The van der Waals surface area contributed by atoms with E-state index in [1.165, 1.54) is 6.07 Å². The van der Waals surface area contributed by atoms with Crippen molar-refractivity contribution in [2.75, 3.05) is 0 Å². The van der Waals surface area contributed by atoms with E-state index in [0.717, 1.165) is 18.9 Å². The summed E-state index contributed by atoms with van der Waals surface area (Å²) in [4.78, 5) is 0. The fourth-order valence-corrected chi connectivity index (χ4v) is 1.44. The molecule has 0 aliphatic rings. The lowest BCUT2D eigenvalue weighted by atomic mass is 9.99. The number of rotatable bonds is 3. The zero-order valence-electron chi connectivity index (χ0n) is 8.85. The van der Waals surface area contributed by atoms with Crippen LogP contribution in [0.25, 0.3) is 0 Å². The summed E-state index contributed by atoms with van der Waals surface area (Å²) in [6.07, 6.45) is 0.851. The molecule has 0 radical (unpaired) electrons. The van der Waals surface area contributed by atoms with Gasteiger partial charge in [-0.05, 0) is 24.0 Å². The summed E-state index contributed by atoms with van der Waals surface area (Å²) >= 11 is 0. The topological polar surface area (TPSA) is 0 Å². The van der Waals surface area contributed by atoms with Gasteiger partial charge in [0.1, 0.15) is 0 Å². The van der Waals surface area contributed by atoms with E-state index in [2.05, 4.69) is 13.8 Å². The standard InChI is InChI=1S/C12H16F2/c1-9(2)7-10-5-4-6-11(8-10)12(3,13)14/h4-6,8-9H,7H2,1-3H3. The molecular formula is C12H16F2. The van der Waals surface area contributed by atoms with Crippen LogP contribution in [0, 0.1) is 5.92 Å². The van der Waals surface area contributed by atoms with Gasteiger partial charge in [-0.2, -0.15) is 0 Å². The Balaban J connectivity index is 2.90. The maximum atomic E-state index is 13.0. The molecule has 0 saturated carbocycles. The second-order valence-electron chi connectivity index (χ2n) is 4.19. The molecule has 0 amide bonds. The highest BCUT2D eigenvalue weighted by atomic mass is 19.3. The van der Waals surface area contributed by atoms with Crippen molar-refractivity contribution in [3.63, 3.8) is 0 Å². The van der Waals surface area contributed by atoms with E-state index in [-0.39, 0.29) is 5.56 Å². The molecule has 0 saturated heterocycles. The lowest BCUT2D eigenvalue weighted by molar-refractivity contribution is 0.0174. The third-order valence-electron chi connectivity index (χ3n) is 2.08. The summed E-state index contributed by atoms with van der Waals surface area (Å²) in [5.41, 5.74) is 1.09. The molecule has 1 rings (SSSR count). The largest absolute Gasteiger partial charge is 0.270 e. The van der Waals surface area contributed by atoms with Gasteiger partial charge in [0, 0.05) is 12.5 Å². The first-order chi connectivity index (χ1) is 6.39. The van der Waals surface area contributed by atoms with Crippen molar-refractivity contribution in [2.24, 2.45) is 5.92 Å². The Morgan fingerprint density at radius 1 is 1.29 bits per heavy atom. The number of hydrogen-bond acceptors (Lipinski definition) is 0. The summed E-state index contributed by atoms with van der Waals surface area (Å²) in [5, 5.41) is 0. The molecule has 0 aliphatic carbocycles. The first-order valence-electron chi connectivity index (χ1n) is 4.87. The Morgan fingerprint density at radius 3 is 2.43 bits per heavy atom. The third kappa shape index (κ3) is 3.09. The number of hydrogen-bond donors (Lipinski definition) is 0. The predicted molar refractivity (Wildman–Crippen MR) is 54.6 cm³/mol. The number of halogens is 2. The van der Waals surface area contributed by atoms with Gasteiger partial charge in [0.2, 0.25) is 0 Å². The molecular weight excluding hydrogens is 182 g/mol. The number of benzene rings is 1. The van der Waals surface area contributed by atoms with Crippen LogP contribution in [0.5, 0.6) is 0 Å². The van der Waals surface area contributed by atoms with E-state index in [0.29, 0.717) is 5.92 Å². The van der Waals surface area contributed by atoms with Crippen molar-refractivity contribution in [2.45, 2.75) is 33.1 Å². The van der Waals surface area contributed by atoms with E-state index >= 15 is 0 Å². The lowest BCUT2D eigenvalue weighted by Gasteiger charge is -2.12. The lowest BCUT2D eigenvalue weighted by Crippen LogP contribution is -2.07. The van der Waals surface area contributed by atoms with E-state index in [4.69, 9.17) is 0 Å². The molecule has 0 fully saturated rings. The molecule has 0 aromatic heterocycles. The Labute approximate surface area is 84.0 Å². The van der Waals surface area contributed by atoms with E-state index < -0.39 is 5.92 Å². The monoisotopic (exact) mass is 198 g/mol. The first kappa shape index (κ1) is 11.2. The second-order valence-corrected chi connectivity index (χ2v) is 4.19. The smallest absolute Gasteiger partial charge is 0.202 e. The van der Waals surface area contributed by atoms with Crippen LogP contribution in [0.1, 0.15) is 31.9 Å². The van der Waals surface area contributed by atoms with Crippen LogP contribution in [0.3, 0.4) is 0 Å². The summed E-state index contributed by atoms with van der Waals surface area (Å²) in [5.74, 6) is -2.23. The normalized spacial score (nSPS) is 12.1. The van der Waals surface area contributed by atoms with Crippen molar-refractivity contribution in [1.82, 2.24) is 0 Å². The van der Waals surface area contributed by atoms with Crippen LogP contribution in [0.15, 0.2) is 24.3 Å². The molecule has 0 nitrogen and oxygen atoms in total. The Morgan fingerprint density at radius 2 is 1.93 bits per heavy atom. The molecule has 0 heterocycles. The van der Waals surface area contributed by atoms with Crippen LogP contribution in [0.2, 0.25) is 0 Å². The quantitative estimate of drug-likeness (QED) is 0.688. The van der Waals surface area contributed by atoms with Crippen LogP contribution < -0.4 is 0 Å².